The summed E-state index contributed by atoms with van der Waals surface area (Å²) in [6.45, 7) is 2.08. The smallest absolute Gasteiger partial charge is 0.329 e. The zero-order valence-corrected chi connectivity index (χ0v) is 13.7. The van der Waals surface area contributed by atoms with Crippen LogP contribution < -0.4 is 0 Å². The largest absolute Gasteiger partial charge is 0.471 e. The van der Waals surface area contributed by atoms with E-state index < -0.39 is 22.1 Å². The van der Waals surface area contributed by atoms with Crippen LogP contribution >= 0.6 is 11.3 Å². The molecule has 0 bridgehead atoms. The molecule has 1 aliphatic heterocycles. The fourth-order valence-electron chi connectivity index (χ4n) is 2.55. The van der Waals surface area contributed by atoms with Gasteiger partial charge in [-0.05, 0) is 25.0 Å². The highest BCUT2D eigenvalue weighted by Gasteiger charge is 2.39. The molecule has 1 unspecified atom stereocenters. The Kier molecular flexibility index (Phi) is 3.76. The molecular formula is C12H12F3N3O3S2. The number of fused-ring (bicyclic) bond motifs is 1. The Hall–Kier alpha value is -1.46. The highest BCUT2D eigenvalue weighted by Crippen LogP contribution is 2.40. The Morgan fingerprint density at radius 3 is 2.70 bits per heavy atom. The van der Waals surface area contributed by atoms with Gasteiger partial charge in [0.25, 0.3) is 0 Å². The van der Waals surface area contributed by atoms with Crippen LogP contribution in [0.25, 0.3) is 10.7 Å². The van der Waals surface area contributed by atoms with Gasteiger partial charge in [0.15, 0.2) is 0 Å². The SMILES string of the molecule is CC1c2sc(-c3noc(C(F)(F)F)n3)cc2CCN1S(C)(=O)=O. The summed E-state index contributed by atoms with van der Waals surface area (Å²) in [5.74, 6) is -1.54. The number of alkyl halides is 3. The molecule has 3 heterocycles. The van der Waals surface area contributed by atoms with E-state index >= 15 is 0 Å². The van der Waals surface area contributed by atoms with E-state index in [2.05, 4.69) is 14.7 Å². The summed E-state index contributed by atoms with van der Waals surface area (Å²) in [5, 5.41) is 3.36. The van der Waals surface area contributed by atoms with Crippen molar-refractivity contribution in [2.45, 2.75) is 25.6 Å². The van der Waals surface area contributed by atoms with Crippen LogP contribution in [0.4, 0.5) is 13.2 Å². The van der Waals surface area contributed by atoms with Crippen LogP contribution in [0.3, 0.4) is 0 Å². The normalized spacial score (nSPS) is 19.8. The van der Waals surface area contributed by atoms with Gasteiger partial charge in [-0.25, -0.2) is 8.42 Å². The first-order valence-electron chi connectivity index (χ1n) is 6.58. The number of nitrogens with zero attached hydrogens (tertiary/aromatic N) is 3. The average molecular weight is 367 g/mol. The zero-order valence-electron chi connectivity index (χ0n) is 12.1. The van der Waals surface area contributed by atoms with Gasteiger partial charge in [-0.15, -0.1) is 11.3 Å². The summed E-state index contributed by atoms with van der Waals surface area (Å²) in [4.78, 5) is 4.58. The third-order valence-corrected chi connectivity index (χ3v) is 6.26. The Bertz CT molecular complexity index is 841. The molecule has 2 aromatic heterocycles. The van der Waals surface area contributed by atoms with Gasteiger partial charge in [0.1, 0.15) is 0 Å². The standard InChI is InChI=1S/C12H12F3N3O3S2/c1-6-9-7(3-4-18(6)23(2,19)20)5-8(22-9)10-16-11(21-17-10)12(13,14)15/h5-6H,3-4H2,1-2H3. The summed E-state index contributed by atoms with van der Waals surface area (Å²) in [6.07, 6.45) is -3.06. The number of sulfonamides is 1. The van der Waals surface area contributed by atoms with Crippen molar-refractivity contribution in [1.82, 2.24) is 14.4 Å². The Morgan fingerprint density at radius 1 is 1.43 bits per heavy atom. The molecular weight excluding hydrogens is 355 g/mol. The van der Waals surface area contributed by atoms with Crippen LogP contribution in [0, 0.1) is 0 Å². The minimum absolute atomic E-state index is 0.144. The van der Waals surface area contributed by atoms with Crippen molar-refractivity contribution in [1.29, 1.82) is 0 Å². The number of hydrogen-bond donors (Lipinski definition) is 0. The molecule has 0 N–H and O–H groups in total. The fourth-order valence-corrected chi connectivity index (χ4v) is 4.92. The van der Waals surface area contributed by atoms with E-state index in [1.165, 1.54) is 15.6 Å². The van der Waals surface area contributed by atoms with E-state index in [-0.39, 0.29) is 11.9 Å². The lowest BCUT2D eigenvalue weighted by atomic mass is 10.0. The second-order valence-electron chi connectivity index (χ2n) is 5.22. The first-order chi connectivity index (χ1) is 10.6. The van der Waals surface area contributed by atoms with Gasteiger partial charge in [0.2, 0.25) is 15.8 Å². The van der Waals surface area contributed by atoms with E-state index in [9.17, 15) is 21.6 Å². The summed E-state index contributed by atoms with van der Waals surface area (Å²) < 4.78 is 66.7. The first-order valence-corrected chi connectivity index (χ1v) is 9.24. The molecule has 126 valence electrons. The van der Waals surface area contributed by atoms with E-state index in [4.69, 9.17) is 0 Å². The quantitative estimate of drug-likeness (QED) is 0.816. The molecule has 0 fully saturated rings. The van der Waals surface area contributed by atoms with Crippen molar-refractivity contribution in [3.8, 4) is 10.7 Å². The number of hydrogen-bond acceptors (Lipinski definition) is 6. The van der Waals surface area contributed by atoms with Gasteiger partial charge in [-0.1, -0.05) is 5.16 Å². The molecule has 2 aromatic rings. The van der Waals surface area contributed by atoms with Crippen LogP contribution in [0.1, 0.15) is 29.3 Å². The Balaban J connectivity index is 1.96. The summed E-state index contributed by atoms with van der Waals surface area (Å²) >= 11 is 1.18. The molecule has 1 aliphatic rings. The van der Waals surface area contributed by atoms with E-state index in [1.54, 1.807) is 13.0 Å². The Morgan fingerprint density at radius 2 is 2.13 bits per heavy atom. The van der Waals surface area contributed by atoms with Gasteiger partial charge in [0.05, 0.1) is 17.2 Å². The minimum atomic E-state index is -4.69. The molecule has 3 rings (SSSR count). The van der Waals surface area contributed by atoms with Crippen molar-refractivity contribution >= 4 is 21.4 Å². The molecule has 0 saturated carbocycles. The van der Waals surface area contributed by atoms with Crippen molar-refractivity contribution in [2.24, 2.45) is 0 Å². The van der Waals surface area contributed by atoms with Gasteiger partial charge in [-0.3, -0.25) is 0 Å². The topological polar surface area (TPSA) is 76.3 Å². The summed E-state index contributed by atoms with van der Waals surface area (Å²) in [6, 6.07) is 1.32. The molecule has 11 heteroatoms. The number of halogens is 3. The second-order valence-corrected chi connectivity index (χ2v) is 8.24. The fraction of sp³-hybridized carbons (Fsp3) is 0.500. The van der Waals surface area contributed by atoms with Gasteiger partial charge in [0, 0.05) is 11.4 Å². The number of aromatic nitrogens is 2. The molecule has 1 atom stereocenters. The predicted molar refractivity (Wildman–Crippen MR) is 76.3 cm³/mol. The van der Waals surface area contributed by atoms with E-state index in [0.29, 0.717) is 17.8 Å². The van der Waals surface area contributed by atoms with Crippen molar-refractivity contribution in [3.63, 3.8) is 0 Å². The average Bonchev–Trinajstić information content (AvgIpc) is 3.03. The van der Waals surface area contributed by atoms with Crippen LogP contribution in [0.2, 0.25) is 0 Å². The third kappa shape index (κ3) is 3.00. The van der Waals surface area contributed by atoms with Gasteiger partial charge < -0.3 is 4.52 Å². The molecule has 0 spiro atoms. The third-order valence-electron chi connectivity index (χ3n) is 3.57. The maximum atomic E-state index is 12.5. The zero-order chi connectivity index (χ0) is 17.0. The molecule has 0 amide bonds. The lowest BCUT2D eigenvalue weighted by Gasteiger charge is -2.31. The van der Waals surface area contributed by atoms with Gasteiger partial charge >= 0.3 is 12.1 Å². The van der Waals surface area contributed by atoms with Gasteiger partial charge in [-0.2, -0.15) is 22.5 Å². The summed E-state index contributed by atoms with van der Waals surface area (Å²) in [5.41, 5.74) is 0.899. The molecule has 0 radical (unpaired) electrons. The maximum Gasteiger partial charge on any atom is 0.471 e. The van der Waals surface area contributed by atoms with Crippen LogP contribution in [-0.4, -0.2) is 35.7 Å². The molecule has 0 aromatic carbocycles. The lowest BCUT2D eigenvalue weighted by Crippen LogP contribution is -2.37. The van der Waals surface area contributed by atoms with Crippen LogP contribution in [0.15, 0.2) is 10.6 Å². The van der Waals surface area contributed by atoms with E-state index in [0.717, 1.165) is 16.7 Å². The molecule has 0 aliphatic carbocycles. The number of thiophene rings is 1. The van der Waals surface area contributed by atoms with Crippen LogP contribution in [0.5, 0.6) is 0 Å². The van der Waals surface area contributed by atoms with Crippen molar-refractivity contribution < 1.29 is 26.1 Å². The Labute approximate surface area is 134 Å². The van der Waals surface area contributed by atoms with Crippen molar-refractivity contribution in [2.75, 3.05) is 12.8 Å². The monoisotopic (exact) mass is 367 g/mol. The molecule has 23 heavy (non-hydrogen) atoms. The predicted octanol–water partition coefficient (Wildman–Crippen LogP) is 2.70. The maximum absolute atomic E-state index is 12.5. The summed E-state index contributed by atoms with van der Waals surface area (Å²) in [7, 11) is -3.35. The van der Waals surface area contributed by atoms with Crippen LogP contribution in [-0.2, 0) is 22.6 Å². The highest BCUT2D eigenvalue weighted by atomic mass is 32.2. The molecule has 6 nitrogen and oxygen atoms in total. The highest BCUT2D eigenvalue weighted by molar-refractivity contribution is 7.88. The van der Waals surface area contributed by atoms with Crippen molar-refractivity contribution in [3.05, 3.63) is 22.4 Å². The first kappa shape index (κ1) is 16.4. The minimum Gasteiger partial charge on any atom is -0.329 e. The molecule has 0 saturated heterocycles. The number of rotatable bonds is 2. The lowest BCUT2D eigenvalue weighted by molar-refractivity contribution is -0.159. The van der Waals surface area contributed by atoms with E-state index in [1.807, 2.05) is 0 Å². The second kappa shape index (κ2) is 5.28.